The quantitative estimate of drug-likeness (QED) is 0.807. The molecule has 0 aliphatic heterocycles. The molecule has 0 fully saturated rings. The Morgan fingerprint density at radius 1 is 1.21 bits per heavy atom. The lowest BCUT2D eigenvalue weighted by Gasteiger charge is -2.21. The van der Waals surface area contributed by atoms with Gasteiger partial charge in [0.25, 0.3) is 0 Å². The van der Waals surface area contributed by atoms with Gasteiger partial charge in [-0.1, -0.05) is 25.1 Å². The standard InChI is InChI=1S/C16H20BrNS/c1-4-18-15(10-13-8-9-16(17)19-13)14-7-5-6-11(2)12(14)3/h5-9,15,18H,4,10H2,1-3H3. The monoisotopic (exact) mass is 337 g/mol. The summed E-state index contributed by atoms with van der Waals surface area (Å²) in [5.74, 6) is 0. The summed E-state index contributed by atoms with van der Waals surface area (Å²) in [4.78, 5) is 1.42. The van der Waals surface area contributed by atoms with E-state index in [0.29, 0.717) is 6.04 Å². The fourth-order valence-corrected chi connectivity index (χ4v) is 3.88. The van der Waals surface area contributed by atoms with Crippen LogP contribution >= 0.6 is 27.3 Å². The second kappa shape index (κ2) is 6.69. The summed E-state index contributed by atoms with van der Waals surface area (Å²) in [6, 6.07) is 11.3. The predicted molar refractivity (Wildman–Crippen MR) is 88.1 cm³/mol. The van der Waals surface area contributed by atoms with Crippen LogP contribution in [0, 0.1) is 13.8 Å². The topological polar surface area (TPSA) is 12.0 Å². The zero-order valence-electron chi connectivity index (χ0n) is 11.7. The second-order valence-electron chi connectivity index (χ2n) is 4.81. The highest BCUT2D eigenvalue weighted by Crippen LogP contribution is 2.28. The molecular weight excluding hydrogens is 318 g/mol. The summed E-state index contributed by atoms with van der Waals surface area (Å²) >= 11 is 5.36. The van der Waals surface area contributed by atoms with Gasteiger partial charge >= 0.3 is 0 Å². The van der Waals surface area contributed by atoms with E-state index >= 15 is 0 Å². The van der Waals surface area contributed by atoms with Crippen molar-refractivity contribution in [1.29, 1.82) is 0 Å². The summed E-state index contributed by atoms with van der Waals surface area (Å²) in [7, 11) is 0. The lowest BCUT2D eigenvalue weighted by molar-refractivity contribution is 0.550. The van der Waals surface area contributed by atoms with Crippen molar-refractivity contribution in [2.45, 2.75) is 33.2 Å². The van der Waals surface area contributed by atoms with Gasteiger partial charge in [0, 0.05) is 17.3 Å². The first kappa shape index (κ1) is 14.8. The van der Waals surface area contributed by atoms with Crippen molar-refractivity contribution < 1.29 is 0 Å². The third kappa shape index (κ3) is 3.68. The first-order valence-electron chi connectivity index (χ1n) is 6.65. The van der Waals surface area contributed by atoms with Crippen LogP contribution in [0.5, 0.6) is 0 Å². The Balaban J connectivity index is 2.26. The van der Waals surface area contributed by atoms with Gasteiger partial charge in [0.15, 0.2) is 0 Å². The molecule has 0 aliphatic rings. The van der Waals surface area contributed by atoms with Gasteiger partial charge in [-0.3, -0.25) is 0 Å². The van der Waals surface area contributed by atoms with Crippen LogP contribution in [0.15, 0.2) is 34.1 Å². The van der Waals surface area contributed by atoms with Crippen LogP contribution in [-0.2, 0) is 6.42 Å². The Hall–Kier alpha value is -0.640. The Morgan fingerprint density at radius 3 is 2.63 bits per heavy atom. The van der Waals surface area contributed by atoms with Crippen molar-refractivity contribution in [3.8, 4) is 0 Å². The van der Waals surface area contributed by atoms with Crippen LogP contribution < -0.4 is 5.32 Å². The fraction of sp³-hybridized carbons (Fsp3) is 0.375. The third-order valence-electron chi connectivity index (χ3n) is 3.51. The number of aryl methyl sites for hydroxylation is 1. The molecule has 1 unspecified atom stereocenters. The van der Waals surface area contributed by atoms with Crippen molar-refractivity contribution in [3.63, 3.8) is 0 Å². The van der Waals surface area contributed by atoms with Crippen LogP contribution in [-0.4, -0.2) is 6.54 Å². The minimum atomic E-state index is 0.399. The average Bonchev–Trinajstić information content (AvgIpc) is 2.78. The van der Waals surface area contributed by atoms with Gasteiger partial charge < -0.3 is 5.32 Å². The van der Waals surface area contributed by atoms with Gasteiger partial charge in [0.1, 0.15) is 0 Å². The van der Waals surface area contributed by atoms with Crippen LogP contribution in [0.1, 0.15) is 34.5 Å². The van der Waals surface area contributed by atoms with Crippen LogP contribution in [0.3, 0.4) is 0 Å². The lowest BCUT2D eigenvalue weighted by atomic mass is 9.95. The molecule has 0 aliphatic carbocycles. The van der Waals surface area contributed by atoms with Gasteiger partial charge in [0.2, 0.25) is 0 Å². The Bertz CT molecular complexity index is 547. The normalized spacial score (nSPS) is 12.6. The molecular formula is C16H20BrNS. The number of halogens is 1. The molecule has 0 bridgehead atoms. The molecule has 1 nitrogen and oxygen atoms in total. The van der Waals surface area contributed by atoms with E-state index in [-0.39, 0.29) is 0 Å². The number of rotatable bonds is 5. The Kier molecular flexibility index (Phi) is 5.20. The fourth-order valence-electron chi connectivity index (χ4n) is 2.35. The number of thiophene rings is 1. The Labute approximate surface area is 128 Å². The molecule has 0 saturated heterocycles. The lowest BCUT2D eigenvalue weighted by Crippen LogP contribution is -2.23. The molecule has 1 aromatic heterocycles. The molecule has 19 heavy (non-hydrogen) atoms. The van der Waals surface area contributed by atoms with Crippen molar-refractivity contribution >= 4 is 27.3 Å². The summed E-state index contributed by atoms with van der Waals surface area (Å²) in [6.45, 7) is 7.57. The van der Waals surface area contributed by atoms with Crippen LogP contribution in [0.4, 0.5) is 0 Å². The van der Waals surface area contributed by atoms with E-state index in [9.17, 15) is 0 Å². The molecule has 0 radical (unpaired) electrons. The maximum absolute atomic E-state index is 3.62. The maximum Gasteiger partial charge on any atom is 0.0701 e. The molecule has 0 amide bonds. The van der Waals surface area contributed by atoms with Gasteiger partial charge in [0.05, 0.1) is 3.79 Å². The van der Waals surface area contributed by atoms with E-state index in [1.54, 1.807) is 0 Å². The number of benzene rings is 1. The van der Waals surface area contributed by atoms with Crippen LogP contribution in [0.25, 0.3) is 0 Å². The van der Waals surface area contributed by atoms with Gasteiger partial charge in [-0.15, -0.1) is 11.3 Å². The SMILES string of the molecule is CCNC(Cc1ccc(Br)s1)c1cccc(C)c1C. The van der Waals surface area contributed by atoms with E-state index < -0.39 is 0 Å². The number of nitrogens with one attached hydrogen (secondary N) is 1. The molecule has 0 saturated carbocycles. The van der Waals surface area contributed by atoms with E-state index in [0.717, 1.165) is 13.0 Å². The summed E-state index contributed by atoms with van der Waals surface area (Å²) in [5.41, 5.74) is 4.20. The van der Waals surface area contributed by atoms with Crippen molar-refractivity contribution in [3.05, 3.63) is 55.7 Å². The molecule has 2 aromatic rings. The minimum absolute atomic E-state index is 0.399. The first-order valence-corrected chi connectivity index (χ1v) is 8.26. The van der Waals surface area contributed by atoms with E-state index in [2.05, 4.69) is 72.3 Å². The van der Waals surface area contributed by atoms with Crippen molar-refractivity contribution in [2.75, 3.05) is 6.54 Å². The molecule has 1 aromatic carbocycles. The Morgan fingerprint density at radius 2 is 2.00 bits per heavy atom. The molecule has 3 heteroatoms. The van der Waals surface area contributed by atoms with E-state index in [1.807, 2.05) is 11.3 Å². The molecule has 0 spiro atoms. The zero-order chi connectivity index (χ0) is 13.8. The highest BCUT2D eigenvalue weighted by Gasteiger charge is 2.15. The van der Waals surface area contributed by atoms with E-state index in [1.165, 1.54) is 25.4 Å². The van der Waals surface area contributed by atoms with Crippen LogP contribution in [0.2, 0.25) is 0 Å². The average molecular weight is 338 g/mol. The minimum Gasteiger partial charge on any atom is -0.310 e. The zero-order valence-corrected chi connectivity index (χ0v) is 14.1. The number of hydrogen-bond donors (Lipinski definition) is 1. The smallest absolute Gasteiger partial charge is 0.0701 e. The number of likely N-dealkylation sites (N-methyl/N-ethyl adjacent to an activating group) is 1. The highest BCUT2D eigenvalue weighted by molar-refractivity contribution is 9.11. The summed E-state index contributed by atoms with van der Waals surface area (Å²) < 4.78 is 1.21. The van der Waals surface area contributed by atoms with Crippen molar-refractivity contribution in [2.24, 2.45) is 0 Å². The van der Waals surface area contributed by atoms with Crippen molar-refractivity contribution in [1.82, 2.24) is 5.32 Å². The molecule has 1 N–H and O–H groups in total. The molecule has 2 rings (SSSR count). The maximum atomic E-state index is 3.62. The molecule has 1 heterocycles. The predicted octanol–water partition coefficient (Wildman–Crippen LogP) is 5.02. The first-order chi connectivity index (χ1) is 9.11. The third-order valence-corrected chi connectivity index (χ3v) is 5.15. The summed E-state index contributed by atoms with van der Waals surface area (Å²) in [5, 5.41) is 3.62. The largest absolute Gasteiger partial charge is 0.310 e. The van der Waals surface area contributed by atoms with Gasteiger partial charge in [-0.25, -0.2) is 0 Å². The molecule has 1 atom stereocenters. The number of hydrogen-bond acceptors (Lipinski definition) is 2. The second-order valence-corrected chi connectivity index (χ2v) is 7.36. The van der Waals surface area contributed by atoms with Gasteiger partial charge in [-0.05, 0) is 65.1 Å². The summed E-state index contributed by atoms with van der Waals surface area (Å²) in [6.07, 6.45) is 1.05. The van der Waals surface area contributed by atoms with E-state index in [4.69, 9.17) is 0 Å². The molecule has 102 valence electrons. The highest BCUT2D eigenvalue weighted by atomic mass is 79.9. The van der Waals surface area contributed by atoms with Gasteiger partial charge in [-0.2, -0.15) is 0 Å².